The molecule has 0 rings (SSSR count). The van der Waals surface area contributed by atoms with E-state index in [9.17, 15) is 14.4 Å². The molecule has 1 amide bonds. The van der Waals surface area contributed by atoms with Crippen molar-refractivity contribution in [1.29, 1.82) is 0 Å². The zero-order valence-electron chi connectivity index (χ0n) is 15.2. The van der Waals surface area contributed by atoms with Crippen molar-refractivity contribution in [3.05, 3.63) is 0 Å². The molecule has 0 aliphatic rings. The number of carbonyl (C=O) groups excluding carboxylic acids is 3. The van der Waals surface area contributed by atoms with Crippen molar-refractivity contribution >= 4 is 38.8 Å². The van der Waals surface area contributed by atoms with Gasteiger partial charge in [0.15, 0.2) is 3.79 Å². The highest BCUT2D eigenvalue weighted by Crippen LogP contribution is 2.39. The third-order valence-electron chi connectivity index (χ3n) is 4.42. The Hall–Kier alpha value is -0.660. The van der Waals surface area contributed by atoms with Gasteiger partial charge in [-0.25, -0.2) is 4.79 Å². The number of nitrogens with one attached hydrogen (secondary N) is 1. The van der Waals surface area contributed by atoms with Crippen LogP contribution in [0.3, 0.4) is 0 Å². The molecule has 0 aliphatic heterocycles. The van der Waals surface area contributed by atoms with E-state index in [-0.39, 0.29) is 21.0 Å². The Morgan fingerprint density at radius 2 is 1.74 bits per heavy atom. The van der Waals surface area contributed by atoms with Gasteiger partial charge < -0.3 is 14.8 Å². The molecule has 0 bridgehead atoms. The van der Waals surface area contributed by atoms with Crippen LogP contribution in [-0.2, 0) is 14.3 Å². The highest BCUT2D eigenvalue weighted by atomic mass is 127. The Bertz CT molecular complexity index is 433. The van der Waals surface area contributed by atoms with E-state index in [1.165, 1.54) is 0 Å². The first-order valence-corrected chi connectivity index (χ1v) is 9.08. The van der Waals surface area contributed by atoms with Crippen molar-refractivity contribution in [2.45, 2.75) is 73.0 Å². The van der Waals surface area contributed by atoms with Crippen LogP contribution in [0.15, 0.2) is 0 Å². The Balaban J connectivity index is 4.95. The first kappa shape index (κ1) is 22.3. The minimum absolute atomic E-state index is 0.0943. The zero-order chi connectivity index (χ0) is 18.4. The number of hydrogen-bond acceptors (Lipinski definition) is 4. The third kappa shape index (κ3) is 7.63. The van der Waals surface area contributed by atoms with Crippen molar-refractivity contribution in [3.8, 4) is 0 Å². The third-order valence-corrected chi connectivity index (χ3v) is 5.36. The van der Waals surface area contributed by atoms with Gasteiger partial charge in [0.2, 0.25) is 0 Å². The second kappa shape index (κ2) is 8.99. The van der Waals surface area contributed by atoms with E-state index in [0.717, 1.165) is 12.7 Å². The average Bonchev–Trinajstić information content (AvgIpc) is 2.41. The molecule has 0 spiro atoms. The number of aldehydes is 1. The molecule has 0 fully saturated rings. The molecular formula is C17H30INO4. The maximum atomic E-state index is 11.9. The van der Waals surface area contributed by atoms with Crippen LogP contribution in [0, 0.1) is 17.3 Å². The normalized spacial score (nSPS) is 18.3. The van der Waals surface area contributed by atoms with Gasteiger partial charge >= 0.3 is 6.09 Å². The second-order valence-corrected chi connectivity index (χ2v) is 8.59. The lowest BCUT2D eigenvalue weighted by atomic mass is 9.70. The SMILES string of the molecule is CCC(C)(CC(C)[C@@H](C=O)NC(=O)OC(C)(C)C)[C@H](C)C(=O)I. The van der Waals surface area contributed by atoms with Crippen molar-refractivity contribution in [2.24, 2.45) is 17.3 Å². The maximum Gasteiger partial charge on any atom is 0.408 e. The van der Waals surface area contributed by atoms with Gasteiger partial charge in [0, 0.05) is 5.92 Å². The first-order valence-electron chi connectivity index (χ1n) is 8.00. The largest absolute Gasteiger partial charge is 0.444 e. The fraction of sp³-hybridized carbons (Fsp3) is 0.824. The van der Waals surface area contributed by atoms with Crippen LogP contribution in [0.25, 0.3) is 0 Å². The van der Waals surface area contributed by atoms with E-state index in [0.29, 0.717) is 6.42 Å². The first-order chi connectivity index (χ1) is 10.4. The van der Waals surface area contributed by atoms with Gasteiger partial charge in [0.05, 0.1) is 6.04 Å². The van der Waals surface area contributed by atoms with Gasteiger partial charge in [-0.3, -0.25) is 4.79 Å². The summed E-state index contributed by atoms with van der Waals surface area (Å²) in [5.74, 6) is -0.201. The van der Waals surface area contributed by atoms with Gasteiger partial charge in [0.1, 0.15) is 11.9 Å². The smallest absolute Gasteiger partial charge is 0.408 e. The summed E-state index contributed by atoms with van der Waals surface area (Å²) >= 11 is 1.83. The number of hydrogen-bond donors (Lipinski definition) is 1. The van der Waals surface area contributed by atoms with E-state index in [2.05, 4.69) is 12.2 Å². The second-order valence-electron chi connectivity index (χ2n) is 7.52. The number of rotatable bonds is 8. The molecule has 0 saturated carbocycles. The van der Waals surface area contributed by atoms with Crippen LogP contribution in [0.1, 0.15) is 61.3 Å². The molecule has 0 aliphatic carbocycles. The summed E-state index contributed by atoms with van der Waals surface area (Å²) in [6.07, 6.45) is 1.63. The summed E-state index contributed by atoms with van der Waals surface area (Å²) in [6.45, 7) is 13.2. The lowest BCUT2D eigenvalue weighted by Crippen LogP contribution is -2.45. The van der Waals surface area contributed by atoms with Crippen LogP contribution < -0.4 is 5.32 Å². The topological polar surface area (TPSA) is 72.5 Å². The zero-order valence-corrected chi connectivity index (χ0v) is 17.4. The number of halogens is 1. The summed E-state index contributed by atoms with van der Waals surface area (Å²) in [7, 11) is 0. The van der Waals surface area contributed by atoms with Crippen molar-refractivity contribution in [1.82, 2.24) is 5.32 Å². The minimum atomic E-state index is -0.632. The summed E-state index contributed by atoms with van der Waals surface area (Å²) < 4.78 is 5.31. The van der Waals surface area contributed by atoms with Gasteiger partial charge in [0.25, 0.3) is 0 Å². The molecule has 2 unspecified atom stereocenters. The van der Waals surface area contributed by atoms with E-state index >= 15 is 0 Å². The molecule has 0 aromatic rings. The molecule has 6 heteroatoms. The molecule has 5 nitrogen and oxygen atoms in total. The fourth-order valence-electron chi connectivity index (χ4n) is 2.52. The van der Waals surface area contributed by atoms with E-state index in [4.69, 9.17) is 4.74 Å². The lowest BCUT2D eigenvalue weighted by Gasteiger charge is -2.37. The van der Waals surface area contributed by atoms with Gasteiger partial charge in [-0.05, 0) is 61.1 Å². The molecule has 0 heterocycles. The monoisotopic (exact) mass is 439 g/mol. The van der Waals surface area contributed by atoms with E-state index in [1.807, 2.05) is 43.4 Å². The molecule has 0 aromatic heterocycles. The summed E-state index contributed by atoms with van der Waals surface area (Å²) in [5, 5.41) is 2.62. The minimum Gasteiger partial charge on any atom is -0.444 e. The fourth-order valence-corrected chi connectivity index (χ4v) is 3.27. The molecular weight excluding hydrogens is 409 g/mol. The summed E-state index contributed by atoms with van der Waals surface area (Å²) in [5.41, 5.74) is -0.824. The molecule has 0 saturated heterocycles. The number of carbonyl (C=O) groups is 3. The number of amides is 1. The van der Waals surface area contributed by atoms with Crippen LogP contribution in [-0.4, -0.2) is 27.8 Å². The molecule has 0 radical (unpaired) electrons. The van der Waals surface area contributed by atoms with Crippen molar-refractivity contribution < 1.29 is 19.1 Å². The van der Waals surface area contributed by atoms with Crippen LogP contribution in [0.5, 0.6) is 0 Å². The van der Waals surface area contributed by atoms with E-state index < -0.39 is 17.7 Å². The molecule has 23 heavy (non-hydrogen) atoms. The standard InChI is InChI=1S/C17H30INO4/c1-8-17(7,12(3)14(18)21)9-11(2)13(10-20)19-15(22)23-16(4,5)6/h10-13H,8-9H2,1-7H3,(H,19,22)/t11?,12-,13-,17?/m1/s1. The van der Waals surface area contributed by atoms with Gasteiger partial charge in [-0.2, -0.15) is 0 Å². The van der Waals surface area contributed by atoms with Crippen LogP contribution >= 0.6 is 22.6 Å². The molecule has 134 valence electrons. The van der Waals surface area contributed by atoms with Crippen LogP contribution in [0.2, 0.25) is 0 Å². The van der Waals surface area contributed by atoms with Crippen molar-refractivity contribution in [3.63, 3.8) is 0 Å². The van der Waals surface area contributed by atoms with Crippen molar-refractivity contribution in [2.75, 3.05) is 0 Å². The number of alkyl carbamates (subject to hydrolysis) is 1. The quantitative estimate of drug-likeness (QED) is 0.351. The molecule has 0 aromatic carbocycles. The predicted molar refractivity (Wildman–Crippen MR) is 99.6 cm³/mol. The highest BCUT2D eigenvalue weighted by molar-refractivity contribution is 14.1. The Kier molecular flexibility index (Phi) is 8.73. The van der Waals surface area contributed by atoms with Gasteiger partial charge in [-0.1, -0.05) is 34.1 Å². The lowest BCUT2D eigenvalue weighted by molar-refractivity contribution is -0.116. The van der Waals surface area contributed by atoms with E-state index in [1.54, 1.807) is 20.8 Å². The predicted octanol–water partition coefficient (Wildman–Crippen LogP) is 4.12. The Morgan fingerprint density at radius 3 is 2.09 bits per heavy atom. The Labute approximate surface area is 153 Å². The number of ether oxygens (including phenoxy) is 1. The molecule has 1 N–H and O–H groups in total. The van der Waals surface area contributed by atoms with Crippen LogP contribution in [0.4, 0.5) is 4.79 Å². The van der Waals surface area contributed by atoms with Gasteiger partial charge in [-0.15, -0.1) is 0 Å². The summed E-state index contributed by atoms with van der Waals surface area (Å²) in [4.78, 5) is 35.0. The highest BCUT2D eigenvalue weighted by Gasteiger charge is 2.36. The Morgan fingerprint density at radius 1 is 1.22 bits per heavy atom. The molecule has 4 atom stereocenters. The average molecular weight is 439 g/mol. The summed E-state index contributed by atoms with van der Waals surface area (Å²) in [6, 6.07) is -0.632. The maximum absolute atomic E-state index is 11.9.